The van der Waals surface area contributed by atoms with Crippen molar-refractivity contribution in [3.8, 4) is 0 Å². The van der Waals surface area contributed by atoms with E-state index in [9.17, 15) is 4.39 Å². The first-order valence-corrected chi connectivity index (χ1v) is 11.4. The topological polar surface area (TPSA) is 23.0 Å². The second-order valence-electron chi connectivity index (χ2n) is 8.67. The Morgan fingerprint density at radius 2 is 1.84 bits per heavy atom. The van der Waals surface area contributed by atoms with Crippen LogP contribution in [0.4, 0.5) is 4.39 Å². The molecule has 1 fully saturated rings. The molecule has 2 N–H and O–H groups in total. The van der Waals surface area contributed by atoms with Crippen LogP contribution in [0.2, 0.25) is 0 Å². The fourth-order valence-electron chi connectivity index (χ4n) is 4.44. The van der Waals surface area contributed by atoms with Crippen molar-refractivity contribution < 1.29 is 18.9 Å². The second-order valence-corrected chi connectivity index (χ2v) is 8.67. The number of nitrogens with zero attached hydrogens (tertiary/aromatic N) is 1. The Bertz CT molecular complexity index is 965. The Morgan fingerprint density at radius 1 is 1.00 bits per heavy atom. The normalized spacial score (nSPS) is 15.8. The summed E-state index contributed by atoms with van der Waals surface area (Å²) in [7, 11) is 0. The van der Waals surface area contributed by atoms with E-state index in [1.54, 1.807) is 17.0 Å². The van der Waals surface area contributed by atoms with Crippen LogP contribution in [-0.4, -0.2) is 44.0 Å². The Kier molecular flexibility index (Phi) is 7.52. The van der Waals surface area contributed by atoms with Gasteiger partial charge in [0.05, 0.1) is 18.9 Å². The van der Waals surface area contributed by atoms with Crippen LogP contribution in [0.1, 0.15) is 22.4 Å². The zero-order chi connectivity index (χ0) is 21.5. The quantitative estimate of drug-likeness (QED) is 0.535. The number of nitrogens with one attached hydrogen (secondary N) is 2. The SMILES string of the molecule is Cc1cccc(Cn2cccc2C[NH+](CC[NH+]2CCOCC2)Cc2ccccc2F)c1. The number of rotatable bonds is 9. The minimum absolute atomic E-state index is 0.103. The number of ether oxygens (including phenoxy) is 1. The Hall–Kier alpha value is -2.47. The van der Waals surface area contributed by atoms with Crippen LogP contribution in [0.15, 0.2) is 66.9 Å². The van der Waals surface area contributed by atoms with Crippen LogP contribution in [0.3, 0.4) is 0 Å². The van der Waals surface area contributed by atoms with Gasteiger partial charge >= 0.3 is 0 Å². The molecular formula is C26H34FN3O+2. The first kappa shape index (κ1) is 21.8. The van der Waals surface area contributed by atoms with Crippen molar-refractivity contribution >= 4 is 0 Å². The van der Waals surface area contributed by atoms with Gasteiger partial charge < -0.3 is 19.1 Å². The van der Waals surface area contributed by atoms with E-state index in [2.05, 4.69) is 54.1 Å². The van der Waals surface area contributed by atoms with Crippen molar-refractivity contribution in [3.63, 3.8) is 0 Å². The smallest absolute Gasteiger partial charge is 0.132 e. The molecule has 0 bridgehead atoms. The number of benzene rings is 2. The molecular weight excluding hydrogens is 389 g/mol. The standard InChI is InChI=1S/C26H32FN3O/c1-22-6-4-7-23(18-22)19-30-11-5-9-25(30)21-29(13-12-28-14-16-31-17-15-28)20-24-8-2-3-10-26(24)27/h2-11,18H,12-17,19-21H2,1H3/p+2. The average Bonchev–Trinajstić information content (AvgIpc) is 3.21. The summed E-state index contributed by atoms with van der Waals surface area (Å²) in [6.07, 6.45) is 2.16. The number of aryl methyl sites for hydroxylation is 1. The van der Waals surface area contributed by atoms with E-state index in [-0.39, 0.29) is 5.82 Å². The molecule has 0 spiro atoms. The first-order valence-electron chi connectivity index (χ1n) is 11.4. The van der Waals surface area contributed by atoms with Crippen LogP contribution in [-0.2, 0) is 24.4 Å². The molecule has 4 rings (SSSR count). The number of halogens is 1. The summed E-state index contributed by atoms with van der Waals surface area (Å²) in [4.78, 5) is 2.99. The fourth-order valence-corrected chi connectivity index (χ4v) is 4.44. The van der Waals surface area contributed by atoms with E-state index in [1.807, 2.05) is 12.1 Å². The molecule has 1 aliphatic heterocycles. The summed E-state index contributed by atoms with van der Waals surface area (Å²) in [6, 6.07) is 20.2. The molecule has 1 saturated heterocycles. The zero-order valence-corrected chi connectivity index (χ0v) is 18.4. The molecule has 0 aliphatic carbocycles. The molecule has 164 valence electrons. The molecule has 2 aromatic carbocycles. The monoisotopic (exact) mass is 423 g/mol. The third-order valence-electron chi connectivity index (χ3n) is 6.22. The first-order chi connectivity index (χ1) is 15.2. The Morgan fingerprint density at radius 3 is 2.65 bits per heavy atom. The highest BCUT2D eigenvalue weighted by Gasteiger charge is 2.20. The maximum atomic E-state index is 14.4. The van der Waals surface area contributed by atoms with Gasteiger partial charge in [-0.3, -0.25) is 0 Å². The predicted molar refractivity (Wildman–Crippen MR) is 121 cm³/mol. The van der Waals surface area contributed by atoms with Gasteiger partial charge in [-0.2, -0.15) is 0 Å². The molecule has 5 heteroatoms. The molecule has 0 saturated carbocycles. The highest BCUT2D eigenvalue weighted by atomic mass is 19.1. The zero-order valence-electron chi connectivity index (χ0n) is 18.4. The van der Waals surface area contributed by atoms with Crippen LogP contribution < -0.4 is 9.80 Å². The minimum Gasteiger partial charge on any atom is -0.370 e. The van der Waals surface area contributed by atoms with Crippen LogP contribution in [0.25, 0.3) is 0 Å². The molecule has 4 nitrogen and oxygen atoms in total. The van der Waals surface area contributed by atoms with Crippen molar-refractivity contribution in [3.05, 3.63) is 95.1 Å². The largest absolute Gasteiger partial charge is 0.370 e. The predicted octanol–water partition coefficient (Wildman–Crippen LogP) is 1.48. The van der Waals surface area contributed by atoms with Crippen LogP contribution in [0, 0.1) is 12.7 Å². The Labute approximate surface area is 184 Å². The van der Waals surface area contributed by atoms with Gasteiger partial charge in [0.1, 0.15) is 45.1 Å². The summed E-state index contributed by atoms with van der Waals surface area (Å²) < 4.78 is 22.2. The van der Waals surface area contributed by atoms with Crippen molar-refractivity contribution in [1.29, 1.82) is 0 Å². The lowest BCUT2D eigenvalue weighted by molar-refractivity contribution is -0.975. The van der Waals surface area contributed by atoms with Gasteiger partial charge in [0.15, 0.2) is 0 Å². The van der Waals surface area contributed by atoms with Crippen molar-refractivity contribution in [2.24, 2.45) is 0 Å². The Balaban J connectivity index is 1.47. The lowest BCUT2D eigenvalue weighted by Gasteiger charge is -2.26. The van der Waals surface area contributed by atoms with E-state index in [4.69, 9.17) is 4.74 Å². The van der Waals surface area contributed by atoms with Crippen LogP contribution >= 0.6 is 0 Å². The number of morpholine rings is 1. The molecule has 1 atom stereocenters. The van der Waals surface area contributed by atoms with E-state index >= 15 is 0 Å². The maximum absolute atomic E-state index is 14.4. The van der Waals surface area contributed by atoms with E-state index in [0.29, 0.717) is 6.54 Å². The molecule has 1 aliphatic rings. The molecule has 1 aromatic heterocycles. The van der Waals surface area contributed by atoms with Gasteiger partial charge in [-0.1, -0.05) is 48.0 Å². The van der Waals surface area contributed by atoms with E-state index in [1.165, 1.54) is 21.7 Å². The highest BCUT2D eigenvalue weighted by Crippen LogP contribution is 2.10. The molecule has 3 aromatic rings. The molecule has 0 amide bonds. The summed E-state index contributed by atoms with van der Waals surface area (Å²) in [5.74, 6) is -0.103. The minimum atomic E-state index is -0.103. The van der Waals surface area contributed by atoms with Crippen molar-refractivity contribution in [2.75, 3.05) is 39.4 Å². The third-order valence-corrected chi connectivity index (χ3v) is 6.22. The summed E-state index contributed by atoms with van der Waals surface area (Å²) in [5.41, 5.74) is 4.69. The maximum Gasteiger partial charge on any atom is 0.132 e. The molecule has 1 unspecified atom stereocenters. The van der Waals surface area contributed by atoms with Gasteiger partial charge in [-0.25, -0.2) is 4.39 Å². The van der Waals surface area contributed by atoms with E-state index in [0.717, 1.165) is 58.0 Å². The van der Waals surface area contributed by atoms with Gasteiger partial charge in [0.2, 0.25) is 0 Å². The van der Waals surface area contributed by atoms with Gasteiger partial charge in [0.25, 0.3) is 0 Å². The molecule has 31 heavy (non-hydrogen) atoms. The van der Waals surface area contributed by atoms with E-state index < -0.39 is 0 Å². The summed E-state index contributed by atoms with van der Waals surface area (Å²) >= 11 is 0. The van der Waals surface area contributed by atoms with Gasteiger partial charge in [0, 0.05) is 18.3 Å². The number of hydrogen-bond donors (Lipinski definition) is 2. The van der Waals surface area contributed by atoms with Gasteiger partial charge in [-0.05, 0) is 30.7 Å². The lowest BCUT2D eigenvalue weighted by Crippen LogP contribution is -3.20. The van der Waals surface area contributed by atoms with Crippen LogP contribution in [0.5, 0.6) is 0 Å². The number of hydrogen-bond acceptors (Lipinski definition) is 1. The molecule has 0 radical (unpaired) electrons. The van der Waals surface area contributed by atoms with Crippen molar-refractivity contribution in [2.45, 2.75) is 26.6 Å². The highest BCUT2D eigenvalue weighted by molar-refractivity contribution is 5.23. The second kappa shape index (κ2) is 10.7. The molecule has 2 heterocycles. The summed E-state index contributed by atoms with van der Waals surface area (Å²) in [6.45, 7) is 10.5. The fraction of sp³-hybridized carbons (Fsp3) is 0.385. The van der Waals surface area contributed by atoms with Gasteiger partial charge in [-0.15, -0.1) is 0 Å². The summed E-state index contributed by atoms with van der Waals surface area (Å²) in [5, 5.41) is 0. The number of aromatic nitrogens is 1. The lowest BCUT2D eigenvalue weighted by atomic mass is 10.1. The van der Waals surface area contributed by atoms with Crippen molar-refractivity contribution in [1.82, 2.24) is 4.57 Å². The average molecular weight is 424 g/mol. The number of quaternary nitrogens is 2. The third kappa shape index (κ3) is 6.26.